The average Bonchev–Trinajstić information content (AvgIpc) is 3.15. The second kappa shape index (κ2) is 9.49. The van der Waals surface area contributed by atoms with Crippen LogP contribution in [0.3, 0.4) is 0 Å². The molecule has 2 aromatic carbocycles. The SMILES string of the molecule is CCOc1ccccc1C(=O)NCC(c1ccc2c(c1)CCN2C)N1CCOCC1. The van der Waals surface area contributed by atoms with Gasteiger partial charge in [0.25, 0.3) is 5.91 Å². The molecule has 1 unspecified atom stereocenters. The Bertz CT molecular complexity index is 880. The van der Waals surface area contributed by atoms with Gasteiger partial charge in [0.1, 0.15) is 5.75 Å². The molecular formula is C24H31N3O3. The zero-order valence-corrected chi connectivity index (χ0v) is 17.9. The zero-order valence-electron chi connectivity index (χ0n) is 17.9. The van der Waals surface area contributed by atoms with E-state index in [0.29, 0.717) is 24.5 Å². The number of anilines is 1. The number of nitrogens with one attached hydrogen (secondary N) is 1. The van der Waals surface area contributed by atoms with Crippen LogP contribution in [0.4, 0.5) is 5.69 Å². The summed E-state index contributed by atoms with van der Waals surface area (Å²) >= 11 is 0. The number of carbonyl (C=O) groups excluding carboxylic acids is 1. The van der Waals surface area contributed by atoms with Gasteiger partial charge in [-0.05, 0) is 42.7 Å². The van der Waals surface area contributed by atoms with E-state index in [1.165, 1.54) is 16.8 Å². The molecule has 0 spiro atoms. The van der Waals surface area contributed by atoms with E-state index < -0.39 is 0 Å². The van der Waals surface area contributed by atoms with Crippen LogP contribution in [0.15, 0.2) is 42.5 Å². The van der Waals surface area contributed by atoms with Gasteiger partial charge in [-0.25, -0.2) is 0 Å². The number of likely N-dealkylation sites (N-methyl/N-ethyl adjacent to an activating group) is 1. The van der Waals surface area contributed by atoms with Gasteiger partial charge in [0.05, 0.1) is 31.4 Å². The first-order chi connectivity index (χ1) is 14.7. The third kappa shape index (κ3) is 4.45. The predicted octanol–water partition coefficient (Wildman–Crippen LogP) is 2.88. The quantitative estimate of drug-likeness (QED) is 0.762. The maximum absolute atomic E-state index is 12.9. The second-order valence-electron chi connectivity index (χ2n) is 7.86. The van der Waals surface area contributed by atoms with E-state index in [4.69, 9.17) is 9.47 Å². The van der Waals surface area contributed by atoms with Gasteiger partial charge in [-0.2, -0.15) is 0 Å². The summed E-state index contributed by atoms with van der Waals surface area (Å²) in [5.41, 5.74) is 4.54. The van der Waals surface area contributed by atoms with Gasteiger partial charge in [0.15, 0.2) is 0 Å². The maximum atomic E-state index is 12.9. The molecule has 1 fully saturated rings. The number of benzene rings is 2. The lowest BCUT2D eigenvalue weighted by atomic mass is 10.00. The number of rotatable bonds is 7. The Morgan fingerprint density at radius 1 is 1.17 bits per heavy atom. The minimum Gasteiger partial charge on any atom is -0.493 e. The number of para-hydroxylation sites is 1. The number of nitrogens with zero attached hydrogens (tertiary/aromatic N) is 2. The highest BCUT2D eigenvalue weighted by Crippen LogP contribution is 2.31. The molecule has 2 aliphatic heterocycles. The smallest absolute Gasteiger partial charge is 0.255 e. The van der Waals surface area contributed by atoms with Crippen LogP contribution in [0, 0.1) is 0 Å². The molecule has 0 saturated carbocycles. The Morgan fingerprint density at radius 3 is 2.77 bits per heavy atom. The fraction of sp³-hybridized carbons (Fsp3) is 0.458. The molecule has 6 heteroatoms. The maximum Gasteiger partial charge on any atom is 0.255 e. The summed E-state index contributed by atoms with van der Waals surface area (Å²) in [6.07, 6.45) is 1.07. The Kier molecular flexibility index (Phi) is 6.55. The first kappa shape index (κ1) is 20.7. The van der Waals surface area contributed by atoms with Crippen molar-refractivity contribution in [2.75, 3.05) is 57.9 Å². The molecule has 30 heavy (non-hydrogen) atoms. The summed E-state index contributed by atoms with van der Waals surface area (Å²) in [5.74, 6) is 0.527. The van der Waals surface area contributed by atoms with Gasteiger partial charge in [0.2, 0.25) is 0 Å². The van der Waals surface area contributed by atoms with Crippen LogP contribution >= 0.6 is 0 Å². The first-order valence-electron chi connectivity index (χ1n) is 10.8. The van der Waals surface area contributed by atoms with Crippen LogP contribution in [0.2, 0.25) is 0 Å². The first-order valence-corrected chi connectivity index (χ1v) is 10.8. The second-order valence-corrected chi connectivity index (χ2v) is 7.86. The minimum absolute atomic E-state index is 0.0989. The molecule has 0 bridgehead atoms. The molecule has 0 aliphatic carbocycles. The van der Waals surface area contributed by atoms with E-state index in [0.717, 1.165) is 39.3 Å². The summed E-state index contributed by atoms with van der Waals surface area (Å²) in [6, 6.07) is 14.3. The molecule has 2 aliphatic rings. The topological polar surface area (TPSA) is 54.0 Å². The molecule has 0 aromatic heterocycles. The molecule has 1 N–H and O–H groups in total. The number of hydrogen-bond donors (Lipinski definition) is 1. The van der Waals surface area contributed by atoms with Crippen molar-refractivity contribution in [1.82, 2.24) is 10.2 Å². The lowest BCUT2D eigenvalue weighted by molar-refractivity contribution is 0.0162. The summed E-state index contributed by atoms with van der Waals surface area (Å²) in [6.45, 7) is 7.26. The van der Waals surface area contributed by atoms with Gasteiger partial charge in [-0.3, -0.25) is 9.69 Å². The number of fused-ring (bicyclic) bond motifs is 1. The van der Waals surface area contributed by atoms with Crippen LogP contribution in [-0.4, -0.2) is 63.9 Å². The number of amides is 1. The minimum atomic E-state index is -0.0989. The van der Waals surface area contributed by atoms with Gasteiger partial charge >= 0.3 is 0 Å². The fourth-order valence-electron chi connectivity index (χ4n) is 4.36. The zero-order chi connectivity index (χ0) is 20.9. The van der Waals surface area contributed by atoms with Crippen LogP contribution in [0.1, 0.15) is 34.5 Å². The predicted molar refractivity (Wildman–Crippen MR) is 118 cm³/mol. The van der Waals surface area contributed by atoms with Crippen molar-refractivity contribution in [2.45, 2.75) is 19.4 Å². The van der Waals surface area contributed by atoms with Gasteiger partial charge in [-0.15, -0.1) is 0 Å². The standard InChI is InChI=1S/C24H31N3O3/c1-3-30-23-7-5-4-6-20(23)24(28)25-17-22(27-12-14-29-15-13-27)18-8-9-21-19(16-18)10-11-26(21)2/h4-9,16,22H,3,10-15,17H2,1-2H3,(H,25,28). The van der Waals surface area contributed by atoms with Crippen molar-refractivity contribution in [2.24, 2.45) is 0 Å². The Balaban J connectivity index is 1.53. The van der Waals surface area contributed by atoms with E-state index in [2.05, 4.69) is 40.4 Å². The molecule has 1 amide bonds. The summed E-state index contributed by atoms with van der Waals surface area (Å²) in [4.78, 5) is 17.7. The van der Waals surface area contributed by atoms with Crippen LogP contribution in [0.5, 0.6) is 5.75 Å². The van der Waals surface area contributed by atoms with E-state index in [9.17, 15) is 4.79 Å². The summed E-state index contributed by atoms with van der Waals surface area (Å²) in [7, 11) is 2.14. The summed E-state index contributed by atoms with van der Waals surface area (Å²) < 4.78 is 11.2. The van der Waals surface area contributed by atoms with Crippen molar-refractivity contribution in [3.05, 3.63) is 59.2 Å². The van der Waals surface area contributed by atoms with Crippen molar-refractivity contribution in [1.29, 1.82) is 0 Å². The van der Waals surface area contributed by atoms with Gasteiger partial charge in [-0.1, -0.05) is 24.3 Å². The van der Waals surface area contributed by atoms with Crippen molar-refractivity contribution < 1.29 is 14.3 Å². The molecule has 160 valence electrons. The highest BCUT2D eigenvalue weighted by Gasteiger charge is 2.26. The lowest BCUT2D eigenvalue weighted by Crippen LogP contribution is -2.43. The number of carbonyl (C=O) groups is 1. The average molecular weight is 410 g/mol. The molecule has 2 heterocycles. The van der Waals surface area contributed by atoms with Gasteiger partial charge in [0, 0.05) is 38.9 Å². The van der Waals surface area contributed by atoms with Gasteiger partial charge < -0.3 is 19.7 Å². The van der Waals surface area contributed by atoms with Crippen molar-refractivity contribution in [3.8, 4) is 5.75 Å². The van der Waals surface area contributed by atoms with E-state index >= 15 is 0 Å². The molecule has 1 saturated heterocycles. The van der Waals surface area contributed by atoms with Crippen LogP contribution < -0.4 is 15.0 Å². The third-order valence-electron chi connectivity index (χ3n) is 5.99. The molecule has 0 radical (unpaired) electrons. The Hall–Kier alpha value is -2.57. The normalized spacial score (nSPS) is 17.5. The van der Waals surface area contributed by atoms with Crippen LogP contribution in [0.25, 0.3) is 0 Å². The molecule has 1 atom stereocenters. The van der Waals surface area contributed by atoms with Crippen molar-refractivity contribution in [3.63, 3.8) is 0 Å². The monoisotopic (exact) mass is 409 g/mol. The van der Waals surface area contributed by atoms with Crippen LogP contribution in [-0.2, 0) is 11.2 Å². The highest BCUT2D eigenvalue weighted by atomic mass is 16.5. The number of morpholine rings is 1. The largest absolute Gasteiger partial charge is 0.493 e. The molecule has 4 rings (SSSR count). The number of hydrogen-bond acceptors (Lipinski definition) is 5. The molecule has 6 nitrogen and oxygen atoms in total. The number of ether oxygens (including phenoxy) is 2. The molecule has 2 aromatic rings. The summed E-state index contributed by atoms with van der Waals surface area (Å²) in [5, 5.41) is 3.16. The van der Waals surface area contributed by atoms with Crippen molar-refractivity contribution >= 4 is 11.6 Å². The lowest BCUT2D eigenvalue weighted by Gasteiger charge is -2.35. The fourth-order valence-corrected chi connectivity index (χ4v) is 4.36. The Morgan fingerprint density at radius 2 is 1.97 bits per heavy atom. The van der Waals surface area contributed by atoms with E-state index in [-0.39, 0.29) is 11.9 Å². The molecular weight excluding hydrogens is 378 g/mol. The Labute approximate surface area is 178 Å². The van der Waals surface area contributed by atoms with E-state index in [1.807, 2.05) is 31.2 Å². The van der Waals surface area contributed by atoms with E-state index in [1.54, 1.807) is 0 Å². The highest BCUT2D eigenvalue weighted by molar-refractivity contribution is 5.96. The third-order valence-corrected chi connectivity index (χ3v) is 5.99.